The third-order valence-electron chi connectivity index (χ3n) is 10.3. The number of furan rings is 2. The lowest BCUT2D eigenvalue weighted by Crippen LogP contribution is -2.00. The van der Waals surface area contributed by atoms with Crippen molar-refractivity contribution in [2.45, 2.75) is 0 Å². The third-order valence-corrected chi connectivity index (χ3v) is 10.3. The van der Waals surface area contributed by atoms with Gasteiger partial charge >= 0.3 is 0 Å². The normalized spacial score (nSPS) is 12.8. The minimum Gasteiger partial charge on any atom is -0.455 e. The van der Waals surface area contributed by atoms with Gasteiger partial charge in [-0.05, 0) is 52.1 Å². The van der Waals surface area contributed by atoms with E-state index >= 15 is 0 Å². The molecule has 0 aliphatic heterocycles. The predicted octanol–water partition coefficient (Wildman–Crippen LogP) is 13.7. The summed E-state index contributed by atoms with van der Waals surface area (Å²) >= 11 is 0. The minimum absolute atomic E-state index is 0.186. The highest BCUT2D eigenvalue weighted by molar-refractivity contribution is 6.11. The van der Waals surface area contributed by atoms with E-state index in [1.54, 1.807) is 12.1 Å². The second kappa shape index (κ2) is 13.0. The third kappa shape index (κ3) is 5.45. The number of para-hydroxylation sites is 3. The lowest BCUT2D eigenvalue weighted by Gasteiger charge is -2.08. The molecule has 0 amide bonds. The van der Waals surface area contributed by atoms with Gasteiger partial charge in [0.15, 0.2) is 17.5 Å². The second-order valence-corrected chi connectivity index (χ2v) is 13.6. The highest BCUT2D eigenvalue weighted by atomic mass is 16.3. The summed E-state index contributed by atoms with van der Waals surface area (Å²) < 4.78 is 53.8. The molecule has 8 aromatic carbocycles. The van der Waals surface area contributed by atoms with Crippen molar-refractivity contribution in [2.24, 2.45) is 0 Å². The quantitative estimate of drug-likeness (QED) is 0.171. The summed E-state index contributed by atoms with van der Waals surface area (Å²) in [7, 11) is 0. The maximum Gasteiger partial charge on any atom is 0.167 e. The molecule has 0 aliphatic carbocycles. The van der Waals surface area contributed by atoms with Crippen molar-refractivity contribution in [3.8, 4) is 67.5 Å². The molecule has 0 radical (unpaired) electrons. The standard InChI is InChI=1S/C51H31N3O2/c1-3-11-32(12-4-1)33-21-23-34(24-22-33)35-25-27-36(28-26-35)39-16-9-17-43-41-30-29-38(31-46(41)56-47(39)43)50-52-49(37-13-5-2-6-14-37)53-51(54-50)44-19-10-18-42-40-15-7-8-20-45(40)55-48(42)44/h1-31H/i1D,3D,4D,11D,12D. The van der Waals surface area contributed by atoms with Crippen molar-refractivity contribution in [1.82, 2.24) is 15.0 Å². The fourth-order valence-electron chi connectivity index (χ4n) is 7.50. The molecule has 11 rings (SSSR count). The van der Waals surface area contributed by atoms with Crippen LogP contribution in [-0.4, -0.2) is 15.0 Å². The van der Waals surface area contributed by atoms with E-state index < -0.39 is 6.04 Å². The van der Waals surface area contributed by atoms with Crippen LogP contribution in [0.4, 0.5) is 0 Å². The van der Waals surface area contributed by atoms with Crippen molar-refractivity contribution >= 4 is 43.9 Å². The van der Waals surface area contributed by atoms with Gasteiger partial charge in [0.2, 0.25) is 0 Å². The Bertz CT molecular complexity index is 3500. The van der Waals surface area contributed by atoms with Crippen LogP contribution in [0, 0.1) is 0 Å². The lowest BCUT2D eigenvalue weighted by molar-refractivity contribution is 0.669. The maximum absolute atomic E-state index is 8.36. The molecule has 5 nitrogen and oxygen atoms in total. The molecule has 0 N–H and O–H groups in total. The monoisotopic (exact) mass is 722 g/mol. The van der Waals surface area contributed by atoms with Crippen LogP contribution in [0.2, 0.25) is 0 Å². The number of nitrogens with zero attached hydrogens (tertiary/aromatic N) is 3. The topological polar surface area (TPSA) is 65.0 Å². The van der Waals surface area contributed by atoms with Crippen LogP contribution in [0.5, 0.6) is 0 Å². The zero-order valence-electron chi connectivity index (χ0n) is 34.7. The van der Waals surface area contributed by atoms with Crippen LogP contribution < -0.4 is 0 Å². The summed E-state index contributed by atoms with van der Waals surface area (Å²) in [6, 6.07) is 50.2. The number of benzene rings is 8. The van der Waals surface area contributed by atoms with Crippen molar-refractivity contribution < 1.29 is 15.7 Å². The average Bonchev–Trinajstić information content (AvgIpc) is 3.89. The van der Waals surface area contributed by atoms with Gasteiger partial charge in [-0.1, -0.05) is 164 Å². The molecule has 3 heterocycles. The Labute approximate surface area is 329 Å². The van der Waals surface area contributed by atoms with E-state index in [0.717, 1.165) is 77.2 Å². The molecule has 5 heteroatoms. The lowest BCUT2D eigenvalue weighted by atomic mass is 9.97. The molecular weight excluding hydrogens is 687 g/mol. The minimum atomic E-state index is -0.404. The van der Waals surface area contributed by atoms with Crippen LogP contribution in [0.25, 0.3) is 111 Å². The fraction of sp³-hybridized carbons (Fsp3) is 0. The Hall–Kier alpha value is -7.63. The van der Waals surface area contributed by atoms with E-state index in [-0.39, 0.29) is 29.7 Å². The molecule has 0 saturated heterocycles. The van der Waals surface area contributed by atoms with E-state index in [1.165, 1.54) is 0 Å². The highest BCUT2D eigenvalue weighted by Crippen LogP contribution is 2.39. The Morgan fingerprint density at radius 3 is 1.59 bits per heavy atom. The number of hydrogen-bond donors (Lipinski definition) is 0. The number of aromatic nitrogens is 3. The SMILES string of the molecule is [2H]c1c([2H])c([2H])c(-c2ccc(-c3ccc(-c4cccc5c4oc4cc(-c6nc(-c7ccccc7)nc(-c7cccc8c7oc7ccccc78)n6)ccc45)cc3)cc2)c([2H])c1[2H]. The first-order chi connectivity index (χ1) is 29.8. The molecule has 11 aromatic rings. The second-order valence-electron chi connectivity index (χ2n) is 13.6. The van der Waals surface area contributed by atoms with E-state index in [0.29, 0.717) is 28.6 Å². The first-order valence-electron chi connectivity index (χ1n) is 20.8. The van der Waals surface area contributed by atoms with Crippen molar-refractivity contribution in [3.63, 3.8) is 0 Å². The van der Waals surface area contributed by atoms with Crippen LogP contribution in [0.15, 0.2) is 197 Å². The number of rotatable bonds is 6. The van der Waals surface area contributed by atoms with Crippen LogP contribution in [-0.2, 0) is 0 Å². The Morgan fingerprint density at radius 2 is 0.857 bits per heavy atom. The van der Waals surface area contributed by atoms with Gasteiger partial charge in [-0.25, -0.2) is 15.0 Å². The molecule has 3 aromatic heterocycles. The summed E-state index contributed by atoms with van der Waals surface area (Å²) in [5, 5.41) is 3.99. The molecule has 56 heavy (non-hydrogen) atoms. The first-order valence-corrected chi connectivity index (χ1v) is 18.3. The average molecular weight is 723 g/mol. The van der Waals surface area contributed by atoms with Gasteiger partial charge in [-0.3, -0.25) is 0 Å². The molecule has 0 atom stereocenters. The van der Waals surface area contributed by atoms with Crippen LogP contribution in [0.1, 0.15) is 6.85 Å². The van der Waals surface area contributed by atoms with Gasteiger partial charge in [0.25, 0.3) is 0 Å². The van der Waals surface area contributed by atoms with Gasteiger partial charge in [-0.15, -0.1) is 0 Å². The summed E-state index contributed by atoms with van der Waals surface area (Å²) in [6.45, 7) is 0. The number of hydrogen-bond acceptors (Lipinski definition) is 5. The van der Waals surface area contributed by atoms with Crippen molar-refractivity contribution in [1.29, 1.82) is 0 Å². The highest BCUT2D eigenvalue weighted by Gasteiger charge is 2.19. The zero-order chi connectivity index (χ0) is 41.4. The van der Waals surface area contributed by atoms with E-state index in [4.69, 9.17) is 30.6 Å². The summed E-state index contributed by atoms with van der Waals surface area (Å²) in [6.07, 6.45) is 0. The van der Waals surface area contributed by atoms with E-state index in [2.05, 4.69) is 42.5 Å². The molecule has 0 bridgehead atoms. The fourth-order valence-corrected chi connectivity index (χ4v) is 7.50. The van der Waals surface area contributed by atoms with Gasteiger partial charge in [0, 0.05) is 38.2 Å². The first kappa shape index (κ1) is 27.0. The smallest absolute Gasteiger partial charge is 0.167 e. The molecule has 0 aliphatic rings. The van der Waals surface area contributed by atoms with Gasteiger partial charge in [0.1, 0.15) is 22.3 Å². The van der Waals surface area contributed by atoms with E-state index in [9.17, 15) is 0 Å². The zero-order valence-corrected chi connectivity index (χ0v) is 29.7. The molecule has 0 spiro atoms. The molecule has 0 unspecified atom stereocenters. The van der Waals surface area contributed by atoms with Gasteiger partial charge in [-0.2, -0.15) is 0 Å². The summed E-state index contributed by atoms with van der Waals surface area (Å²) in [5.74, 6) is 1.57. The molecular formula is C51H31N3O2. The predicted molar refractivity (Wildman–Crippen MR) is 227 cm³/mol. The van der Waals surface area contributed by atoms with Crippen LogP contribution in [0.3, 0.4) is 0 Å². The largest absolute Gasteiger partial charge is 0.455 e. The summed E-state index contributed by atoms with van der Waals surface area (Å²) in [5.41, 5.74) is 10.0. The Balaban J connectivity index is 0.955. The maximum atomic E-state index is 8.36. The summed E-state index contributed by atoms with van der Waals surface area (Å²) in [4.78, 5) is 15.0. The Kier molecular flexibility index (Phi) is 6.29. The molecule has 262 valence electrons. The van der Waals surface area contributed by atoms with E-state index in [1.807, 2.05) is 103 Å². The Morgan fingerprint density at radius 1 is 0.339 bits per heavy atom. The van der Waals surface area contributed by atoms with Gasteiger partial charge < -0.3 is 8.83 Å². The van der Waals surface area contributed by atoms with Gasteiger partial charge in [0.05, 0.1) is 12.4 Å². The number of fused-ring (bicyclic) bond motifs is 6. The van der Waals surface area contributed by atoms with Crippen LogP contribution >= 0.6 is 0 Å². The van der Waals surface area contributed by atoms with Crippen molar-refractivity contribution in [2.75, 3.05) is 0 Å². The van der Waals surface area contributed by atoms with Crippen molar-refractivity contribution in [3.05, 3.63) is 188 Å². The molecule has 0 fully saturated rings. The molecule has 0 saturated carbocycles.